The summed E-state index contributed by atoms with van der Waals surface area (Å²) in [5, 5.41) is 26.1. The molecule has 3 aliphatic heterocycles. The van der Waals surface area contributed by atoms with Gasteiger partial charge < -0.3 is 56.0 Å². The number of ether oxygens (including phenoxy) is 5. The topological polar surface area (TPSA) is 286 Å². The van der Waals surface area contributed by atoms with E-state index in [0.717, 1.165) is 36.4 Å². The molecule has 0 aromatic carbocycles. The molecule has 0 spiro atoms. The maximum Gasteiger partial charge on any atom is 0.405 e. The first-order chi connectivity index (χ1) is 20.4. The average Bonchev–Trinajstić information content (AvgIpc) is 3.15. The molecule has 19 heteroatoms. The van der Waals surface area contributed by atoms with Crippen molar-refractivity contribution in [3.05, 3.63) is 44.9 Å². The number of amides is 4. The van der Waals surface area contributed by atoms with Crippen LogP contribution in [-0.4, -0.2) is 106 Å². The summed E-state index contributed by atoms with van der Waals surface area (Å²) >= 11 is 0. The number of nitrogens with two attached hydrogens (primary N) is 2. The second-order valence-corrected chi connectivity index (χ2v) is 9.88. The normalized spacial score (nSPS) is 31.5. The first kappa shape index (κ1) is 31.6. The molecule has 2 saturated heterocycles. The van der Waals surface area contributed by atoms with Gasteiger partial charge in [0.2, 0.25) is 18.1 Å². The highest BCUT2D eigenvalue weighted by Crippen LogP contribution is 2.36. The van der Waals surface area contributed by atoms with Crippen molar-refractivity contribution in [2.45, 2.75) is 74.4 Å². The number of aliphatic hydroxyl groups is 2. The number of H-pyrrole nitrogens is 1. The number of methoxy groups -OCH3 is 1. The van der Waals surface area contributed by atoms with Gasteiger partial charge in [0.25, 0.3) is 11.5 Å². The van der Waals surface area contributed by atoms with E-state index >= 15 is 0 Å². The van der Waals surface area contributed by atoms with Crippen LogP contribution in [0.3, 0.4) is 0 Å². The Morgan fingerprint density at radius 3 is 2.56 bits per heavy atom. The minimum absolute atomic E-state index is 0.352. The minimum Gasteiger partial charge on any atom is -0.456 e. The average molecular weight is 613 g/mol. The molecule has 43 heavy (non-hydrogen) atoms. The molecular formula is C24H32N6O13. The zero-order valence-electron chi connectivity index (χ0n) is 22.7. The van der Waals surface area contributed by atoms with Gasteiger partial charge in [0, 0.05) is 25.9 Å². The molecule has 3 aliphatic rings. The van der Waals surface area contributed by atoms with Crippen molar-refractivity contribution in [1.29, 1.82) is 0 Å². The molecule has 4 amide bonds. The zero-order valence-corrected chi connectivity index (χ0v) is 22.7. The molecule has 0 saturated carbocycles. The number of hydrogen-bond acceptors (Lipinski definition) is 13. The lowest BCUT2D eigenvalue weighted by molar-refractivity contribution is -0.241. The lowest BCUT2D eigenvalue weighted by atomic mass is 10.0. The predicted molar refractivity (Wildman–Crippen MR) is 138 cm³/mol. The highest BCUT2D eigenvalue weighted by atomic mass is 16.7. The van der Waals surface area contributed by atoms with E-state index in [9.17, 15) is 39.0 Å². The Hall–Kier alpha value is -4.30. The van der Waals surface area contributed by atoms with Crippen molar-refractivity contribution < 1.29 is 53.1 Å². The Labute approximate surface area is 242 Å². The summed E-state index contributed by atoms with van der Waals surface area (Å²) < 4.78 is 28.2. The van der Waals surface area contributed by atoms with Crippen LogP contribution in [0, 0.1) is 0 Å². The fourth-order valence-electron chi connectivity index (χ4n) is 4.93. The van der Waals surface area contributed by atoms with E-state index in [1.165, 1.54) is 0 Å². The zero-order chi connectivity index (χ0) is 31.4. The van der Waals surface area contributed by atoms with Crippen LogP contribution in [0.4, 0.5) is 4.79 Å². The SMILES string of the molecule is CO[C@H]1[C@@H](OC(N)=O)[C@H](n2ccc(=O)[nH]c2=O)O[C@@H]1[C@@H](O[C@H]1OC(C(=O)N[C@H]2CCCCNC2=O)=C[C@H](O)[C@@H]1O)C(N)=O. The largest absolute Gasteiger partial charge is 0.456 e. The van der Waals surface area contributed by atoms with E-state index in [2.05, 4.69) is 10.6 Å². The van der Waals surface area contributed by atoms with Crippen LogP contribution in [-0.2, 0) is 38.1 Å². The predicted octanol–water partition coefficient (Wildman–Crippen LogP) is -4.47. The van der Waals surface area contributed by atoms with Gasteiger partial charge in [-0.05, 0) is 25.3 Å². The van der Waals surface area contributed by atoms with Crippen molar-refractivity contribution in [3.63, 3.8) is 0 Å². The number of carbonyl (C=O) groups is 4. The smallest absolute Gasteiger partial charge is 0.405 e. The summed E-state index contributed by atoms with van der Waals surface area (Å²) in [6.07, 6.45) is -10.9. The molecule has 1 aromatic rings. The molecule has 4 rings (SSSR count). The van der Waals surface area contributed by atoms with Crippen molar-refractivity contribution >= 4 is 23.8 Å². The molecule has 9 atom stereocenters. The summed E-state index contributed by atoms with van der Waals surface area (Å²) in [5.41, 5.74) is 9.06. The third-order valence-corrected chi connectivity index (χ3v) is 6.99. The van der Waals surface area contributed by atoms with Gasteiger partial charge in [-0.25, -0.2) is 9.59 Å². The molecular weight excluding hydrogens is 580 g/mol. The summed E-state index contributed by atoms with van der Waals surface area (Å²) in [7, 11) is 1.15. The third kappa shape index (κ3) is 7.03. The van der Waals surface area contributed by atoms with E-state index in [0.29, 0.717) is 19.4 Å². The number of aliphatic hydroxyl groups excluding tert-OH is 2. The summed E-state index contributed by atoms with van der Waals surface area (Å²) in [6.45, 7) is 0.453. The number of aromatic nitrogens is 2. The van der Waals surface area contributed by atoms with E-state index in [1.54, 1.807) is 0 Å². The quantitative estimate of drug-likeness (QED) is 0.139. The van der Waals surface area contributed by atoms with E-state index in [1.807, 2.05) is 4.98 Å². The van der Waals surface area contributed by atoms with E-state index < -0.39 is 96.0 Å². The van der Waals surface area contributed by atoms with Crippen molar-refractivity contribution in [2.75, 3.05) is 13.7 Å². The first-order valence-corrected chi connectivity index (χ1v) is 13.1. The molecule has 4 heterocycles. The van der Waals surface area contributed by atoms with Crippen LogP contribution >= 0.6 is 0 Å². The van der Waals surface area contributed by atoms with Gasteiger partial charge in [-0.15, -0.1) is 0 Å². The van der Waals surface area contributed by atoms with Gasteiger partial charge in [0.05, 0.1) is 0 Å². The van der Waals surface area contributed by atoms with Crippen LogP contribution in [0.15, 0.2) is 33.7 Å². The van der Waals surface area contributed by atoms with Crippen LogP contribution < -0.4 is 33.3 Å². The third-order valence-electron chi connectivity index (χ3n) is 6.99. The van der Waals surface area contributed by atoms with Gasteiger partial charge in [0.1, 0.15) is 30.5 Å². The van der Waals surface area contributed by atoms with Crippen LogP contribution in [0.1, 0.15) is 25.5 Å². The number of nitrogens with zero attached hydrogens (tertiary/aromatic N) is 1. The van der Waals surface area contributed by atoms with Gasteiger partial charge in [0.15, 0.2) is 24.2 Å². The second-order valence-electron chi connectivity index (χ2n) is 9.88. The first-order valence-electron chi connectivity index (χ1n) is 13.1. The standard InChI is InChI=1S/C24H32N6O13/c1-39-14-15(41-21(17(14)43-23(26)37)30-7-5-12(32)29-24(30)38)16(18(25)34)42-22-13(33)10(31)8-11(40-22)20(36)28-9-4-2-3-6-27-19(9)35/h5,7-10,13-17,21-22,31,33H,2-4,6H2,1H3,(H2,25,34)(H2,26,37)(H,27,35)(H,28,36)(H,29,32,38)/t9-,10-,13-,14+,15-,16+,17+,21+,22+/m0/s1. The number of aromatic amines is 1. The molecule has 1 aromatic heterocycles. The Balaban J connectivity index is 1.58. The van der Waals surface area contributed by atoms with Crippen molar-refractivity contribution in [1.82, 2.24) is 20.2 Å². The monoisotopic (exact) mass is 612 g/mol. The van der Waals surface area contributed by atoms with Crippen LogP contribution in [0.5, 0.6) is 0 Å². The van der Waals surface area contributed by atoms with Gasteiger partial charge in [-0.1, -0.05) is 0 Å². The molecule has 0 aliphatic carbocycles. The number of nitrogens with one attached hydrogen (secondary N) is 3. The second kappa shape index (κ2) is 13.3. The number of hydrogen-bond donors (Lipinski definition) is 7. The number of carbonyl (C=O) groups excluding carboxylic acids is 4. The summed E-state index contributed by atoms with van der Waals surface area (Å²) in [4.78, 5) is 75.5. The molecule has 0 unspecified atom stereocenters. The molecule has 0 radical (unpaired) electrons. The minimum atomic E-state index is -1.90. The Kier molecular flexibility index (Phi) is 9.81. The lowest BCUT2D eigenvalue weighted by Gasteiger charge is -2.35. The number of primary amides is 2. The Bertz CT molecular complexity index is 1380. The van der Waals surface area contributed by atoms with Crippen molar-refractivity contribution in [2.24, 2.45) is 11.5 Å². The van der Waals surface area contributed by atoms with Crippen LogP contribution in [0.25, 0.3) is 0 Å². The van der Waals surface area contributed by atoms with Crippen LogP contribution in [0.2, 0.25) is 0 Å². The Morgan fingerprint density at radius 1 is 1.16 bits per heavy atom. The van der Waals surface area contributed by atoms with Gasteiger partial charge >= 0.3 is 11.8 Å². The molecule has 0 bridgehead atoms. The van der Waals surface area contributed by atoms with E-state index in [-0.39, 0.29) is 0 Å². The molecule has 19 nitrogen and oxygen atoms in total. The molecule has 9 N–H and O–H groups in total. The summed E-state index contributed by atoms with van der Waals surface area (Å²) in [5.74, 6) is -3.04. The molecule has 236 valence electrons. The molecule has 2 fully saturated rings. The summed E-state index contributed by atoms with van der Waals surface area (Å²) in [6, 6.07) is 0.0974. The lowest BCUT2D eigenvalue weighted by Crippen LogP contribution is -2.54. The van der Waals surface area contributed by atoms with Crippen molar-refractivity contribution in [3.8, 4) is 0 Å². The fourth-order valence-corrected chi connectivity index (χ4v) is 4.93. The highest BCUT2D eigenvalue weighted by molar-refractivity contribution is 5.95. The fraction of sp³-hybridized carbons (Fsp3) is 0.583. The Morgan fingerprint density at radius 2 is 1.91 bits per heavy atom. The maximum absolute atomic E-state index is 12.9. The maximum atomic E-state index is 12.9. The highest BCUT2D eigenvalue weighted by Gasteiger charge is 2.54. The van der Waals surface area contributed by atoms with E-state index in [4.69, 9.17) is 35.2 Å². The van der Waals surface area contributed by atoms with Gasteiger partial charge in [-0.2, -0.15) is 0 Å². The van der Waals surface area contributed by atoms with Gasteiger partial charge in [-0.3, -0.25) is 28.7 Å². The number of rotatable bonds is 9.